The van der Waals surface area contributed by atoms with Gasteiger partial charge in [0.05, 0.1) is 17.4 Å². The molecule has 2 aromatic carbocycles. The number of benzene rings is 2. The Labute approximate surface area is 172 Å². The Bertz CT molecular complexity index is 1120. The van der Waals surface area contributed by atoms with Crippen molar-refractivity contribution in [1.82, 2.24) is 10.3 Å². The predicted octanol–water partition coefficient (Wildman–Crippen LogP) is 4.49. The molecule has 0 fully saturated rings. The maximum Gasteiger partial charge on any atom is 0.387 e. The fourth-order valence-electron chi connectivity index (χ4n) is 3.98. The first-order valence-electron chi connectivity index (χ1n) is 9.37. The Morgan fingerprint density at radius 2 is 1.93 bits per heavy atom. The first kappa shape index (κ1) is 19.8. The lowest BCUT2D eigenvalue weighted by molar-refractivity contribution is -0.0498. The van der Waals surface area contributed by atoms with Crippen LogP contribution in [0.2, 0.25) is 0 Å². The number of aryl methyl sites for hydroxylation is 1. The topological polar surface area (TPSA) is 60.2 Å². The summed E-state index contributed by atoms with van der Waals surface area (Å²) in [6.45, 7) is -0.540. The van der Waals surface area contributed by atoms with E-state index >= 15 is 0 Å². The zero-order valence-electron chi connectivity index (χ0n) is 16.2. The minimum atomic E-state index is -2.88. The molecule has 4 rings (SSSR count). The third-order valence-electron chi connectivity index (χ3n) is 5.29. The van der Waals surface area contributed by atoms with Crippen LogP contribution in [-0.4, -0.2) is 18.1 Å². The van der Waals surface area contributed by atoms with Gasteiger partial charge in [-0.2, -0.15) is 8.78 Å². The van der Waals surface area contributed by atoms with Crippen LogP contribution in [0.5, 0.6) is 5.75 Å². The number of nitrogens with two attached hydrogens (primary N) is 1. The van der Waals surface area contributed by atoms with Crippen molar-refractivity contribution in [2.24, 2.45) is 5.73 Å². The van der Waals surface area contributed by atoms with E-state index in [2.05, 4.69) is 15.0 Å². The summed E-state index contributed by atoms with van der Waals surface area (Å²) in [6.07, 6.45) is 4.69. The minimum Gasteiger partial charge on any atom is -0.435 e. The maximum atomic E-state index is 13.7. The first-order chi connectivity index (χ1) is 14.4. The van der Waals surface area contributed by atoms with Crippen molar-refractivity contribution in [3.8, 4) is 16.9 Å². The molecule has 0 saturated heterocycles. The number of hydrogen-bond donors (Lipinski definition) is 2. The number of ether oxygens (including phenoxy) is 1. The van der Waals surface area contributed by atoms with E-state index in [9.17, 15) is 13.2 Å². The van der Waals surface area contributed by atoms with Gasteiger partial charge in [0.25, 0.3) is 0 Å². The third kappa shape index (κ3) is 3.70. The summed E-state index contributed by atoms with van der Waals surface area (Å²) in [5.41, 5.74) is 9.55. The van der Waals surface area contributed by atoms with Gasteiger partial charge in [0.2, 0.25) is 0 Å². The van der Waals surface area contributed by atoms with Crippen LogP contribution >= 0.6 is 0 Å². The van der Waals surface area contributed by atoms with Gasteiger partial charge in [0, 0.05) is 18.3 Å². The van der Waals surface area contributed by atoms with Gasteiger partial charge in [0.1, 0.15) is 11.6 Å². The SMILES string of the molecule is Cc1cc(OC(F)F)ccc1C1(c2cccc(-c3cncc(F)c3)c2)C=C(N)NC1. The Hall–Kier alpha value is -3.48. The first-order valence-corrected chi connectivity index (χ1v) is 9.37. The number of alkyl halides is 2. The summed E-state index contributed by atoms with van der Waals surface area (Å²) in [7, 11) is 0. The lowest BCUT2D eigenvalue weighted by Crippen LogP contribution is -2.32. The van der Waals surface area contributed by atoms with Gasteiger partial charge >= 0.3 is 6.61 Å². The molecule has 30 heavy (non-hydrogen) atoms. The smallest absolute Gasteiger partial charge is 0.387 e. The molecule has 1 unspecified atom stereocenters. The second-order valence-corrected chi connectivity index (χ2v) is 7.25. The molecular weight excluding hydrogens is 391 g/mol. The van der Waals surface area contributed by atoms with Crippen LogP contribution in [0.25, 0.3) is 11.1 Å². The van der Waals surface area contributed by atoms with E-state index in [1.807, 2.05) is 37.3 Å². The van der Waals surface area contributed by atoms with Gasteiger partial charge in [-0.05, 0) is 59.5 Å². The molecule has 7 heteroatoms. The van der Waals surface area contributed by atoms with Crippen LogP contribution in [0.15, 0.2) is 72.8 Å². The molecule has 0 spiro atoms. The van der Waals surface area contributed by atoms with E-state index in [1.165, 1.54) is 12.1 Å². The summed E-state index contributed by atoms with van der Waals surface area (Å²) in [6, 6.07) is 14.0. The van der Waals surface area contributed by atoms with Crippen molar-refractivity contribution >= 4 is 0 Å². The molecule has 0 bridgehead atoms. The lowest BCUT2D eigenvalue weighted by atomic mass is 9.73. The van der Waals surface area contributed by atoms with Crippen LogP contribution in [-0.2, 0) is 5.41 Å². The molecule has 1 atom stereocenters. The van der Waals surface area contributed by atoms with E-state index in [0.29, 0.717) is 17.9 Å². The highest BCUT2D eigenvalue weighted by molar-refractivity contribution is 5.65. The van der Waals surface area contributed by atoms with E-state index in [1.54, 1.807) is 18.3 Å². The molecule has 1 aromatic heterocycles. The molecule has 3 aromatic rings. The van der Waals surface area contributed by atoms with Crippen molar-refractivity contribution in [2.75, 3.05) is 6.54 Å². The zero-order chi connectivity index (χ0) is 21.3. The normalized spacial score (nSPS) is 18.2. The second-order valence-electron chi connectivity index (χ2n) is 7.25. The third-order valence-corrected chi connectivity index (χ3v) is 5.29. The number of aromatic nitrogens is 1. The average Bonchev–Trinajstić information content (AvgIpc) is 3.10. The number of nitrogens with one attached hydrogen (secondary N) is 1. The van der Waals surface area contributed by atoms with Crippen LogP contribution in [0, 0.1) is 12.7 Å². The molecule has 1 aliphatic rings. The number of pyridine rings is 1. The molecule has 2 heterocycles. The van der Waals surface area contributed by atoms with Gasteiger partial charge in [-0.25, -0.2) is 4.39 Å². The fraction of sp³-hybridized carbons (Fsp3) is 0.174. The number of rotatable bonds is 5. The van der Waals surface area contributed by atoms with Crippen molar-refractivity contribution in [3.63, 3.8) is 0 Å². The van der Waals surface area contributed by atoms with Crippen molar-refractivity contribution in [1.29, 1.82) is 0 Å². The van der Waals surface area contributed by atoms with Crippen LogP contribution < -0.4 is 15.8 Å². The Balaban J connectivity index is 1.82. The van der Waals surface area contributed by atoms with Gasteiger partial charge in [-0.3, -0.25) is 4.98 Å². The summed E-state index contributed by atoms with van der Waals surface area (Å²) in [5.74, 6) is 0.216. The second kappa shape index (κ2) is 7.74. The van der Waals surface area contributed by atoms with E-state index < -0.39 is 17.8 Å². The summed E-state index contributed by atoms with van der Waals surface area (Å²) < 4.78 is 43.4. The number of nitrogens with zero attached hydrogens (tertiary/aromatic N) is 1. The van der Waals surface area contributed by atoms with Gasteiger partial charge in [-0.15, -0.1) is 0 Å². The molecule has 3 N–H and O–H groups in total. The average molecular weight is 411 g/mol. The van der Waals surface area contributed by atoms with E-state index in [0.717, 1.165) is 28.5 Å². The van der Waals surface area contributed by atoms with Crippen LogP contribution in [0.1, 0.15) is 16.7 Å². The molecule has 0 amide bonds. The molecule has 0 aliphatic carbocycles. The molecule has 0 radical (unpaired) electrons. The monoisotopic (exact) mass is 411 g/mol. The molecule has 154 valence electrons. The summed E-state index contributed by atoms with van der Waals surface area (Å²) in [4.78, 5) is 3.93. The highest BCUT2D eigenvalue weighted by atomic mass is 19.3. The Morgan fingerprint density at radius 1 is 1.10 bits per heavy atom. The largest absolute Gasteiger partial charge is 0.435 e. The van der Waals surface area contributed by atoms with Gasteiger partial charge < -0.3 is 15.8 Å². The van der Waals surface area contributed by atoms with Gasteiger partial charge in [0.15, 0.2) is 0 Å². The molecule has 1 aliphatic heterocycles. The van der Waals surface area contributed by atoms with E-state index in [4.69, 9.17) is 5.73 Å². The van der Waals surface area contributed by atoms with Crippen LogP contribution in [0.4, 0.5) is 13.2 Å². The zero-order valence-corrected chi connectivity index (χ0v) is 16.2. The highest BCUT2D eigenvalue weighted by Crippen LogP contribution is 2.40. The maximum absolute atomic E-state index is 13.7. The van der Waals surface area contributed by atoms with Crippen LogP contribution in [0.3, 0.4) is 0 Å². The number of halogens is 3. The Kier molecular flexibility index (Phi) is 5.11. The Morgan fingerprint density at radius 3 is 2.60 bits per heavy atom. The predicted molar refractivity (Wildman–Crippen MR) is 108 cm³/mol. The summed E-state index contributed by atoms with van der Waals surface area (Å²) in [5, 5.41) is 3.17. The highest BCUT2D eigenvalue weighted by Gasteiger charge is 2.37. The standard InChI is InChI=1S/C23H20F3N3O/c1-14-7-19(30-22(25)26)5-6-20(14)23(10-21(27)29-13-23)17-4-2-3-15(8-17)16-9-18(24)12-28-11-16/h2-12,22,29H,13,27H2,1H3. The molecule has 0 saturated carbocycles. The molecular formula is C23H20F3N3O. The quantitative estimate of drug-likeness (QED) is 0.650. The van der Waals surface area contributed by atoms with Crippen molar-refractivity contribution < 1.29 is 17.9 Å². The van der Waals surface area contributed by atoms with Crippen molar-refractivity contribution in [3.05, 3.63) is 95.3 Å². The fourth-order valence-corrected chi connectivity index (χ4v) is 3.98. The van der Waals surface area contributed by atoms with E-state index in [-0.39, 0.29) is 5.75 Å². The minimum absolute atomic E-state index is 0.101. The molecule has 4 nitrogen and oxygen atoms in total. The number of hydrogen-bond acceptors (Lipinski definition) is 4. The van der Waals surface area contributed by atoms with Gasteiger partial charge in [-0.1, -0.05) is 24.3 Å². The summed E-state index contributed by atoms with van der Waals surface area (Å²) >= 11 is 0. The lowest BCUT2D eigenvalue weighted by Gasteiger charge is -2.30. The van der Waals surface area contributed by atoms with Crippen molar-refractivity contribution in [2.45, 2.75) is 19.0 Å².